The summed E-state index contributed by atoms with van der Waals surface area (Å²) in [6, 6.07) is 18.7. The number of fused-ring (bicyclic) bond motifs is 1. The molecule has 0 bridgehead atoms. The van der Waals surface area contributed by atoms with Crippen molar-refractivity contribution in [1.82, 2.24) is 25.0 Å². The van der Waals surface area contributed by atoms with Crippen LogP contribution in [0, 0.1) is 5.92 Å². The second-order valence-corrected chi connectivity index (χ2v) is 10.0. The lowest BCUT2D eigenvalue weighted by Gasteiger charge is -2.21. The Morgan fingerprint density at radius 1 is 0.917 bits per heavy atom. The van der Waals surface area contributed by atoms with Gasteiger partial charge in [0.2, 0.25) is 5.91 Å². The number of nitrogens with zero attached hydrogens (tertiary/aromatic N) is 4. The molecule has 1 aromatic heterocycles. The Kier molecular flexibility index (Phi) is 8.28. The van der Waals surface area contributed by atoms with Crippen molar-refractivity contribution in [3.05, 3.63) is 77.4 Å². The number of carbonyl (C=O) groups excluding carboxylic acids is 1. The molecule has 0 spiro atoms. The first-order valence-corrected chi connectivity index (χ1v) is 13.4. The van der Waals surface area contributed by atoms with Crippen LogP contribution in [0.25, 0.3) is 0 Å². The van der Waals surface area contributed by atoms with E-state index in [9.17, 15) is 4.79 Å². The standard InChI is InChI=1S/C29H37N5O2/c35-29(25-9-5-2-6-10-25)30-17-15-27-31-32-28-16-18-33(19-20-34(27)28)21-23-11-13-26(14-12-23)36-22-24-7-3-1-4-8-24/h1,3-4,7-8,11-14,25H,2,5-6,9-10,15-22H2,(H,30,35). The van der Waals surface area contributed by atoms with Gasteiger partial charge in [-0.3, -0.25) is 9.69 Å². The number of benzene rings is 2. The van der Waals surface area contributed by atoms with E-state index in [0.29, 0.717) is 13.2 Å². The highest BCUT2D eigenvalue weighted by atomic mass is 16.5. The molecule has 1 N–H and O–H groups in total. The molecule has 190 valence electrons. The van der Waals surface area contributed by atoms with Gasteiger partial charge >= 0.3 is 0 Å². The molecule has 1 saturated carbocycles. The molecule has 1 amide bonds. The van der Waals surface area contributed by atoms with Gasteiger partial charge in [-0.25, -0.2) is 0 Å². The van der Waals surface area contributed by atoms with Crippen molar-refractivity contribution in [3.63, 3.8) is 0 Å². The fourth-order valence-electron chi connectivity index (χ4n) is 5.27. The molecule has 0 unspecified atom stereocenters. The van der Waals surface area contributed by atoms with Crippen LogP contribution < -0.4 is 10.1 Å². The van der Waals surface area contributed by atoms with Crippen LogP contribution in [0.2, 0.25) is 0 Å². The van der Waals surface area contributed by atoms with Crippen molar-refractivity contribution in [1.29, 1.82) is 0 Å². The van der Waals surface area contributed by atoms with E-state index < -0.39 is 0 Å². The second kappa shape index (κ2) is 12.2. The zero-order chi connectivity index (χ0) is 24.6. The van der Waals surface area contributed by atoms with Crippen LogP contribution in [0.3, 0.4) is 0 Å². The smallest absolute Gasteiger partial charge is 0.223 e. The van der Waals surface area contributed by atoms with Crippen molar-refractivity contribution in [3.8, 4) is 5.75 Å². The summed E-state index contributed by atoms with van der Waals surface area (Å²) in [6.45, 7) is 4.92. The first-order chi connectivity index (χ1) is 17.7. The van der Waals surface area contributed by atoms with E-state index in [4.69, 9.17) is 4.74 Å². The third kappa shape index (κ3) is 6.52. The summed E-state index contributed by atoms with van der Waals surface area (Å²) < 4.78 is 8.18. The predicted octanol–water partition coefficient (Wildman–Crippen LogP) is 4.15. The molecule has 1 aliphatic carbocycles. The van der Waals surface area contributed by atoms with Crippen LogP contribution in [0.4, 0.5) is 0 Å². The van der Waals surface area contributed by atoms with Gasteiger partial charge in [-0.15, -0.1) is 10.2 Å². The minimum atomic E-state index is 0.201. The van der Waals surface area contributed by atoms with Crippen LogP contribution in [-0.2, 0) is 37.3 Å². The molecule has 0 radical (unpaired) electrons. The SMILES string of the molecule is O=C(NCCc1nnc2n1CCN(Cc1ccc(OCc3ccccc3)cc1)CC2)C1CCCCC1. The monoisotopic (exact) mass is 487 g/mol. The van der Waals surface area contributed by atoms with E-state index in [-0.39, 0.29) is 11.8 Å². The first-order valence-electron chi connectivity index (χ1n) is 13.4. The second-order valence-electron chi connectivity index (χ2n) is 10.0. The maximum Gasteiger partial charge on any atom is 0.223 e. The molecule has 0 atom stereocenters. The number of hydrogen-bond acceptors (Lipinski definition) is 5. The number of nitrogens with one attached hydrogen (secondary N) is 1. The Morgan fingerprint density at radius 3 is 2.53 bits per heavy atom. The molecular formula is C29H37N5O2. The van der Waals surface area contributed by atoms with Gasteiger partial charge in [0.05, 0.1) is 0 Å². The Balaban J connectivity index is 1.08. The lowest BCUT2D eigenvalue weighted by molar-refractivity contribution is -0.125. The van der Waals surface area contributed by atoms with Gasteiger partial charge in [0, 0.05) is 51.5 Å². The normalized spacial score (nSPS) is 16.8. The quantitative estimate of drug-likeness (QED) is 0.491. The maximum atomic E-state index is 12.4. The molecule has 5 rings (SSSR count). The molecule has 7 nitrogen and oxygen atoms in total. The highest BCUT2D eigenvalue weighted by molar-refractivity contribution is 5.78. The fourth-order valence-corrected chi connectivity index (χ4v) is 5.27. The van der Waals surface area contributed by atoms with Gasteiger partial charge < -0.3 is 14.6 Å². The van der Waals surface area contributed by atoms with Gasteiger partial charge in [0.15, 0.2) is 0 Å². The maximum absolute atomic E-state index is 12.4. The summed E-state index contributed by atoms with van der Waals surface area (Å²) in [6.07, 6.45) is 7.31. The Hall–Kier alpha value is -3.19. The van der Waals surface area contributed by atoms with Gasteiger partial charge in [0.1, 0.15) is 24.0 Å². The molecule has 0 saturated heterocycles. The highest BCUT2D eigenvalue weighted by Crippen LogP contribution is 2.23. The zero-order valence-corrected chi connectivity index (χ0v) is 21.1. The third-order valence-corrected chi connectivity index (χ3v) is 7.40. The summed E-state index contributed by atoms with van der Waals surface area (Å²) in [7, 11) is 0. The average Bonchev–Trinajstić information content (AvgIpc) is 3.20. The van der Waals surface area contributed by atoms with E-state index >= 15 is 0 Å². The van der Waals surface area contributed by atoms with Gasteiger partial charge in [0.25, 0.3) is 0 Å². The van der Waals surface area contributed by atoms with E-state index in [2.05, 4.69) is 61.4 Å². The number of amides is 1. The first kappa shape index (κ1) is 24.5. The molecule has 1 aliphatic heterocycles. The Bertz CT molecular complexity index is 1110. The van der Waals surface area contributed by atoms with Crippen LogP contribution in [0.5, 0.6) is 5.75 Å². The number of carbonyl (C=O) groups is 1. The van der Waals surface area contributed by atoms with Crippen LogP contribution in [0.15, 0.2) is 54.6 Å². The van der Waals surface area contributed by atoms with Gasteiger partial charge in [-0.05, 0) is 36.1 Å². The van der Waals surface area contributed by atoms with Crippen molar-refractivity contribution < 1.29 is 9.53 Å². The minimum absolute atomic E-state index is 0.201. The highest BCUT2D eigenvalue weighted by Gasteiger charge is 2.22. The Labute approximate surface area is 213 Å². The number of hydrogen-bond donors (Lipinski definition) is 1. The van der Waals surface area contributed by atoms with Crippen molar-refractivity contribution >= 4 is 5.91 Å². The van der Waals surface area contributed by atoms with E-state index in [0.717, 1.165) is 69.3 Å². The molecule has 2 aromatic carbocycles. The zero-order valence-electron chi connectivity index (χ0n) is 21.1. The lowest BCUT2D eigenvalue weighted by Crippen LogP contribution is -2.33. The molecular weight excluding hydrogens is 450 g/mol. The molecule has 36 heavy (non-hydrogen) atoms. The predicted molar refractivity (Wildman–Crippen MR) is 140 cm³/mol. The fraction of sp³-hybridized carbons (Fsp3) is 0.483. The van der Waals surface area contributed by atoms with Crippen LogP contribution in [-0.4, -0.2) is 45.2 Å². The Morgan fingerprint density at radius 2 is 1.72 bits per heavy atom. The van der Waals surface area contributed by atoms with Crippen molar-refractivity contribution in [2.45, 2.75) is 64.6 Å². The molecule has 2 aliphatic rings. The van der Waals surface area contributed by atoms with E-state index in [1.807, 2.05) is 18.2 Å². The summed E-state index contributed by atoms with van der Waals surface area (Å²) >= 11 is 0. The summed E-state index contributed by atoms with van der Waals surface area (Å²) in [5.74, 6) is 3.34. The largest absolute Gasteiger partial charge is 0.489 e. The van der Waals surface area contributed by atoms with E-state index in [1.54, 1.807) is 0 Å². The summed E-state index contributed by atoms with van der Waals surface area (Å²) in [5, 5.41) is 12.0. The number of aromatic nitrogens is 3. The van der Waals surface area contributed by atoms with Crippen molar-refractivity contribution in [2.75, 3.05) is 19.6 Å². The molecule has 7 heteroatoms. The van der Waals surface area contributed by atoms with Crippen LogP contribution in [0.1, 0.15) is 54.9 Å². The van der Waals surface area contributed by atoms with Crippen LogP contribution >= 0.6 is 0 Å². The number of ether oxygens (including phenoxy) is 1. The molecule has 2 heterocycles. The number of rotatable bonds is 9. The average molecular weight is 488 g/mol. The molecule has 3 aromatic rings. The lowest BCUT2D eigenvalue weighted by atomic mass is 9.89. The van der Waals surface area contributed by atoms with E-state index in [1.165, 1.54) is 30.4 Å². The topological polar surface area (TPSA) is 72.3 Å². The summed E-state index contributed by atoms with van der Waals surface area (Å²) in [5.41, 5.74) is 2.45. The van der Waals surface area contributed by atoms with Gasteiger partial charge in [-0.1, -0.05) is 61.7 Å². The minimum Gasteiger partial charge on any atom is -0.489 e. The van der Waals surface area contributed by atoms with Gasteiger partial charge in [-0.2, -0.15) is 0 Å². The summed E-state index contributed by atoms with van der Waals surface area (Å²) in [4.78, 5) is 14.9. The molecule has 1 fully saturated rings. The third-order valence-electron chi connectivity index (χ3n) is 7.40. The van der Waals surface area contributed by atoms with Crippen molar-refractivity contribution in [2.24, 2.45) is 5.92 Å².